The van der Waals surface area contributed by atoms with E-state index in [1.807, 2.05) is 12.1 Å². The van der Waals surface area contributed by atoms with Crippen LogP contribution in [0.5, 0.6) is 11.5 Å². The van der Waals surface area contributed by atoms with Crippen molar-refractivity contribution in [3.05, 3.63) is 35.9 Å². The molecule has 132 valence electrons. The summed E-state index contributed by atoms with van der Waals surface area (Å²) in [6, 6.07) is 3.57. The molecule has 2 fully saturated rings. The minimum atomic E-state index is -0.973. The molecule has 2 aliphatic heterocycles. The van der Waals surface area contributed by atoms with E-state index in [2.05, 4.69) is 16.6 Å². The molecule has 1 aromatic carbocycles. The Balaban J connectivity index is 1.79. The molecule has 4 aliphatic rings. The molecule has 25 heavy (non-hydrogen) atoms. The second-order valence-electron chi connectivity index (χ2n) is 7.69. The second-order valence-corrected chi connectivity index (χ2v) is 7.69. The predicted octanol–water partition coefficient (Wildman–Crippen LogP) is 1.56. The van der Waals surface area contributed by atoms with E-state index in [4.69, 9.17) is 4.74 Å². The van der Waals surface area contributed by atoms with Crippen LogP contribution in [0.4, 0.5) is 0 Å². The molecule has 6 heteroatoms. The summed E-state index contributed by atoms with van der Waals surface area (Å²) in [5.41, 5.74) is 0.966. The van der Waals surface area contributed by atoms with Gasteiger partial charge in [-0.1, -0.05) is 17.3 Å². The number of nitrogens with zero attached hydrogens (tertiary/aromatic N) is 2. The summed E-state index contributed by atoms with van der Waals surface area (Å²) in [4.78, 5) is 2.30. The number of benzene rings is 1. The van der Waals surface area contributed by atoms with E-state index in [1.165, 1.54) is 0 Å². The Morgan fingerprint density at radius 3 is 3.00 bits per heavy atom. The van der Waals surface area contributed by atoms with Crippen LogP contribution in [0.15, 0.2) is 29.9 Å². The van der Waals surface area contributed by atoms with E-state index in [9.17, 15) is 15.4 Å². The van der Waals surface area contributed by atoms with Crippen molar-refractivity contribution in [1.29, 1.82) is 0 Å². The first-order chi connectivity index (χ1) is 12.1. The minimum absolute atomic E-state index is 0.0337. The van der Waals surface area contributed by atoms with Crippen LogP contribution in [0.25, 0.3) is 0 Å². The topological polar surface area (TPSA) is 85.5 Å². The zero-order chi connectivity index (χ0) is 17.4. The normalized spacial score (nSPS) is 39.8. The van der Waals surface area contributed by atoms with E-state index >= 15 is 0 Å². The van der Waals surface area contributed by atoms with Gasteiger partial charge in [0.2, 0.25) is 0 Å². The van der Waals surface area contributed by atoms with E-state index in [0.29, 0.717) is 30.7 Å². The highest BCUT2D eigenvalue weighted by Gasteiger charge is 2.72. The van der Waals surface area contributed by atoms with Crippen molar-refractivity contribution in [2.24, 2.45) is 5.16 Å². The Morgan fingerprint density at radius 2 is 2.24 bits per heavy atom. The van der Waals surface area contributed by atoms with Crippen molar-refractivity contribution >= 4 is 5.71 Å². The fourth-order valence-electron chi connectivity index (χ4n) is 5.92. The van der Waals surface area contributed by atoms with Crippen molar-refractivity contribution in [3.63, 3.8) is 0 Å². The summed E-state index contributed by atoms with van der Waals surface area (Å²) in [6.45, 7) is 5.40. The van der Waals surface area contributed by atoms with Gasteiger partial charge in [0.1, 0.15) is 0 Å². The molecule has 1 saturated carbocycles. The number of phenols is 1. The van der Waals surface area contributed by atoms with Crippen LogP contribution in [0.3, 0.4) is 0 Å². The lowest BCUT2D eigenvalue weighted by Crippen LogP contribution is -2.76. The lowest BCUT2D eigenvalue weighted by atomic mass is 9.49. The molecule has 4 atom stereocenters. The molecule has 2 aliphatic carbocycles. The van der Waals surface area contributed by atoms with Crippen molar-refractivity contribution < 1.29 is 20.2 Å². The molecule has 2 heterocycles. The Bertz CT molecular complexity index is 807. The molecular weight excluding hydrogens is 320 g/mol. The van der Waals surface area contributed by atoms with Crippen LogP contribution in [-0.2, 0) is 11.8 Å². The monoisotopic (exact) mass is 342 g/mol. The molecule has 0 amide bonds. The fourth-order valence-corrected chi connectivity index (χ4v) is 5.92. The Hall–Kier alpha value is -2.05. The Kier molecular flexibility index (Phi) is 2.90. The van der Waals surface area contributed by atoms with Gasteiger partial charge >= 0.3 is 0 Å². The number of ether oxygens (including phenoxy) is 1. The van der Waals surface area contributed by atoms with Gasteiger partial charge < -0.3 is 20.2 Å². The number of hydrogen-bond acceptors (Lipinski definition) is 6. The average molecular weight is 342 g/mol. The summed E-state index contributed by atoms with van der Waals surface area (Å²) >= 11 is 0. The molecular formula is C19H22N2O4. The number of aliphatic hydroxyl groups is 1. The third-order valence-electron chi connectivity index (χ3n) is 6.88. The zero-order valence-corrected chi connectivity index (χ0v) is 14.0. The lowest BCUT2D eigenvalue weighted by molar-refractivity contribution is -0.164. The standard InChI is InChI=1S/C19H22N2O4/c1-2-8-21-9-7-18-15-11-3-4-13(22)16(15)25-17(18)12(20-24)5-6-19(18,23)14(21)10-11/h2-4,14,17,22-24H,1,5-10H2/t14-,17+,18+,19?/m1/s1. The van der Waals surface area contributed by atoms with Crippen LogP contribution in [-0.4, -0.2) is 56.9 Å². The largest absolute Gasteiger partial charge is 0.504 e. The minimum Gasteiger partial charge on any atom is -0.504 e. The maximum Gasteiger partial charge on any atom is 0.166 e. The summed E-state index contributed by atoms with van der Waals surface area (Å²) in [7, 11) is 0. The summed E-state index contributed by atoms with van der Waals surface area (Å²) < 4.78 is 6.13. The number of phenolic OH excluding ortho intramolecular Hbond substituents is 1. The Labute approximate surface area is 146 Å². The lowest BCUT2D eigenvalue weighted by Gasteiger charge is -2.62. The van der Waals surface area contributed by atoms with Gasteiger partial charge in [-0.15, -0.1) is 6.58 Å². The number of hydrogen-bond donors (Lipinski definition) is 3. The third-order valence-corrected chi connectivity index (χ3v) is 6.88. The highest BCUT2D eigenvalue weighted by molar-refractivity contribution is 5.94. The van der Waals surface area contributed by atoms with Crippen LogP contribution in [0, 0.1) is 0 Å². The van der Waals surface area contributed by atoms with E-state index in [0.717, 1.165) is 30.6 Å². The summed E-state index contributed by atoms with van der Waals surface area (Å²) in [5.74, 6) is 0.550. The van der Waals surface area contributed by atoms with Gasteiger partial charge in [0.25, 0.3) is 0 Å². The number of piperidine rings is 1. The van der Waals surface area contributed by atoms with E-state index in [1.54, 1.807) is 6.07 Å². The van der Waals surface area contributed by atoms with Crippen LogP contribution < -0.4 is 4.74 Å². The van der Waals surface area contributed by atoms with Crippen molar-refractivity contribution in [1.82, 2.24) is 4.90 Å². The number of rotatable bonds is 2. The fraction of sp³-hybridized carbons (Fsp3) is 0.526. The maximum absolute atomic E-state index is 11.9. The van der Waals surface area contributed by atoms with Gasteiger partial charge in [-0.05, 0) is 37.3 Å². The highest BCUT2D eigenvalue weighted by Crippen LogP contribution is 2.64. The first kappa shape index (κ1) is 15.2. The number of likely N-dealkylation sites (tertiary alicyclic amines) is 1. The molecule has 3 N–H and O–H groups in total. The van der Waals surface area contributed by atoms with Crippen molar-refractivity contribution in [3.8, 4) is 11.5 Å². The van der Waals surface area contributed by atoms with Crippen molar-refractivity contribution in [2.45, 2.75) is 48.8 Å². The summed E-state index contributed by atoms with van der Waals surface area (Å²) in [5, 5.41) is 35.3. The average Bonchev–Trinajstić information content (AvgIpc) is 2.95. The Morgan fingerprint density at radius 1 is 1.40 bits per heavy atom. The SMILES string of the molecule is C=CCN1CC[C@]23c4c5ccc(O)c4O[C@H]2C(=NO)CCC3(O)[C@H]1C5. The second kappa shape index (κ2) is 4.77. The van der Waals surface area contributed by atoms with Gasteiger partial charge in [0.15, 0.2) is 17.6 Å². The van der Waals surface area contributed by atoms with Gasteiger partial charge in [0.05, 0.1) is 16.7 Å². The van der Waals surface area contributed by atoms with Gasteiger partial charge in [-0.25, -0.2) is 0 Å². The van der Waals surface area contributed by atoms with Gasteiger partial charge in [0, 0.05) is 24.7 Å². The molecule has 1 saturated heterocycles. The molecule has 5 rings (SSSR count). The maximum atomic E-state index is 11.9. The quantitative estimate of drug-likeness (QED) is 0.431. The number of oxime groups is 1. The van der Waals surface area contributed by atoms with Crippen LogP contribution in [0.1, 0.15) is 30.4 Å². The highest BCUT2D eigenvalue weighted by atomic mass is 16.5. The molecule has 1 unspecified atom stereocenters. The third kappa shape index (κ3) is 1.56. The first-order valence-electron chi connectivity index (χ1n) is 8.87. The van der Waals surface area contributed by atoms with E-state index in [-0.39, 0.29) is 11.8 Å². The molecule has 1 aromatic rings. The molecule has 1 spiro atoms. The van der Waals surface area contributed by atoms with Crippen LogP contribution in [0.2, 0.25) is 0 Å². The summed E-state index contributed by atoms with van der Waals surface area (Å²) in [6.07, 6.45) is 3.79. The zero-order valence-electron chi connectivity index (χ0n) is 14.0. The molecule has 0 radical (unpaired) electrons. The van der Waals surface area contributed by atoms with Crippen molar-refractivity contribution in [2.75, 3.05) is 13.1 Å². The molecule has 6 nitrogen and oxygen atoms in total. The predicted molar refractivity (Wildman–Crippen MR) is 91.5 cm³/mol. The van der Waals surface area contributed by atoms with Gasteiger partial charge in [-0.3, -0.25) is 4.90 Å². The molecule has 2 bridgehead atoms. The first-order valence-corrected chi connectivity index (χ1v) is 8.87. The van der Waals surface area contributed by atoms with Crippen LogP contribution >= 0.6 is 0 Å². The smallest absolute Gasteiger partial charge is 0.166 e. The van der Waals surface area contributed by atoms with E-state index < -0.39 is 17.1 Å². The van der Waals surface area contributed by atoms with Gasteiger partial charge in [-0.2, -0.15) is 0 Å². The number of aromatic hydroxyl groups is 1. The molecule has 0 aromatic heterocycles.